The Morgan fingerprint density at radius 1 is 1.15 bits per heavy atom. The summed E-state index contributed by atoms with van der Waals surface area (Å²) in [4.78, 5) is 42.3. The van der Waals surface area contributed by atoms with Crippen LogP contribution in [-0.4, -0.2) is 40.3 Å². The van der Waals surface area contributed by atoms with Gasteiger partial charge in [-0.2, -0.15) is 0 Å². The Balaban J connectivity index is 1.54. The van der Waals surface area contributed by atoms with Gasteiger partial charge in [-0.15, -0.1) is 11.3 Å². The molecule has 8 nitrogen and oxygen atoms in total. The van der Waals surface area contributed by atoms with Crippen molar-refractivity contribution in [3.05, 3.63) is 68.7 Å². The van der Waals surface area contributed by atoms with Crippen LogP contribution in [0.1, 0.15) is 25.7 Å². The summed E-state index contributed by atoms with van der Waals surface area (Å²) in [5, 5.41) is 12.1. The van der Waals surface area contributed by atoms with Crippen LogP contribution >= 0.6 is 11.3 Å². The molecule has 2 aromatic carbocycles. The smallest absolute Gasteiger partial charge is 0.282 e. The molecule has 4 rings (SSSR count). The van der Waals surface area contributed by atoms with Crippen molar-refractivity contribution in [2.24, 2.45) is 0 Å². The molecule has 0 aliphatic carbocycles. The topological polar surface area (TPSA) is 97.8 Å². The molecule has 1 aliphatic heterocycles. The minimum atomic E-state index is -0.634. The zero-order valence-electron chi connectivity index (χ0n) is 14.3. The van der Waals surface area contributed by atoms with E-state index in [2.05, 4.69) is 4.98 Å². The van der Waals surface area contributed by atoms with Crippen molar-refractivity contribution >= 4 is 39.1 Å². The third kappa shape index (κ3) is 2.96. The molecule has 3 aromatic rings. The van der Waals surface area contributed by atoms with E-state index in [0.29, 0.717) is 6.54 Å². The van der Waals surface area contributed by atoms with E-state index in [0.717, 1.165) is 25.0 Å². The number of hydrogen-bond acceptors (Lipinski definition) is 6. The van der Waals surface area contributed by atoms with Crippen molar-refractivity contribution in [3.63, 3.8) is 0 Å². The Hall–Kier alpha value is -3.17. The molecule has 1 N–H and O–H groups in total. The second-order valence-electron chi connectivity index (χ2n) is 6.36. The number of para-hydroxylation sites is 1. The Labute approximate surface area is 157 Å². The third-order valence-electron chi connectivity index (χ3n) is 4.39. The highest BCUT2D eigenvalue weighted by molar-refractivity contribution is 7.18. The van der Waals surface area contributed by atoms with Gasteiger partial charge in [-0.25, -0.2) is 9.88 Å². The second kappa shape index (κ2) is 6.53. The molecule has 1 aliphatic rings. The minimum absolute atomic E-state index is 0.0852. The van der Waals surface area contributed by atoms with Gasteiger partial charge in [0.1, 0.15) is 17.1 Å². The van der Waals surface area contributed by atoms with Crippen molar-refractivity contribution < 1.29 is 19.4 Å². The number of rotatable bonds is 5. The summed E-state index contributed by atoms with van der Waals surface area (Å²) in [6, 6.07) is 11.9. The normalized spacial score (nSPS) is 14.6. The van der Waals surface area contributed by atoms with Crippen LogP contribution in [0.5, 0.6) is 0 Å². The van der Waals surface area contributed by atoms with Gasteiger partial charge >= 0.3 is 0 Å². The third-order valence-corrected chi connectivity index (χ3v) is 5.43. The zero-order chi connectivity index (χ0) is 19.1. The lowest BCUT2D eigenvalue weighted by Crippen LogP contribution is -3.09. The number of fused-ring (bicyclic) bond motifs is 2. The van der Waals surface area contributed by atoms with Crippen LogP contribution in [0.4, 0.5) is 5.69 Å². The molecule has 1 atom stereocenters. The van der Waals surface area contributed by atoms with Gasteiger partial charge in [-0.1, -0.05) is 18.2 Å². The lowest BCUT2D eigenvalue weighted by Gasteiger charge is -2.19. The number of carbonyl (C=O) groups excluding carboxylic acids is 2. The number of benzene rings is 2. The molecule has 2 heterocycles. The van der Waals surface area contributed by atoms with E-state index in [1.54, 1.807) is 11.3 Å². The van der Waals surface area contributed by atoms with E-state index in [1.807, 2.05) is 31.3 Å². The van der Waals surface area contributed by atoms with Crippen LogP contribution < -0.4 is 4.90 Å². The predicted molar refractivity (Wildman–Crippen MR) is 98.7 cm³/mol. The van der Waals surface area contributed by atoms with Crippen molar-refractivity contribution in [1.82, 2.24) is 9.88 Å². The standard InChI is InChI=1S/C18H14N4O4S/c1-20(9-15-19-12-6-2-3-8-14(12)27-15)10-21-17(23)11-5-4-7-13(22(25)26)16(11)18(21)24/h2-8H,9-10H2,1H3/p+1. The number of aromatic nitrogens is 1. The first kappa shape index (κ1) is 17.3. The molecule has 0 radical (unpaired) electrons. The van der Waals surface area contributed by atoms with E-state index in [9.17, 15) is 19.7 Å². The van der Waals surface area contributed by atoms with Crippen LogP contribution in [-0.2, 0) is 6.54 Å². The first-order chi connectivity index (χ1) is 13.0. The Morgan fingerprint density at radius 3 is 2.67 bits per heavy atom. The average molecular weight is 383 g/mol. The number of nitro groups is 1. The fraction of sp³-hybridized carbons (Fsp3) is 0.167. The van der Waals surface area contributed by atoms with Gasteiger partial charge < -0.3 is 4.90 Å². The summed E-state index contributed by atoms with van der Waals surface area (Å²) < 4.78 is 1.08. The molecule has 2 amide bonds. The predicted octanol–water partition coefficient (Wildman–Crippen LogP) is 1.47. The number of nitro benzene ring substituents is 1. The Kier molecular flexibility index (Phi) is 4.17. The summed E-state index contributed by atoms with van der Waals surface area (Å²) in [5.41, 5.74) is 0.543. The van der Waals surface area contributed by atoms with Gasteiger partial charge in [-0.3, -0.25) is 19.7 Å². The molecular formula is C18H15N4O4S+. The molecule has 1 unspecified atom stereocenters. The van der Waals surface area contributed by atoms with Crippen LogP contribution in [0.3, 0.4) is 0 Å². The number of carbonyl (C=O) groups is 2. The summed E-state index contributed by atoms with van der Waals surface area (Å²) in [6.45, 7) is 0.647. The molecule has 1 aromatic heterocycles. The highest BCUT2D eigenvalue weighted by atomic mass is 32.1. The lowest BCUT2D eigenvalue weighted by molar-refractivity contribution is -0.901. The molecule has 9 heteroatoms. The van der Waals surface area contributed by atoms with E-state index >= 15 is 0 Å². The van der Waals surface area contributed by atoms with E-state index in [-0.39, 0.29) is 23.5 Å². The maximum atomic E-state index is 12.6. The van der Waals surface area contributed by atoms with Gasteiger partial charge in [0.15, 0.2) is 6.67 Å². The number of nitrogens with one attached hydrogen (secondary N) is 1. The maximum Gasteiger partial charge on any atom is 0.282 e. The molecule has 0 saturated heterocycles. The number of amides is 2. The van der Waals surface area contributed by atoms with E-state index in [1.165, 1.54) is 18.2 Å². The van der Waals surface area contributed by atoms with E-state index < -0.39 is 16.7 Å². The van der Waals surface area contributed by atoms with Gasteiger partial charge in [-0.05, 0) is 18.2 Å². The number of hydrogen-bond donors (Lipinski definition) is 1. The van der Waals surface area contributed by atoms with Crippen molar-refractivity contribution in [2.75, 3.05) is 13.7 Å². The van der Waals surface area contributed by atoms with Crippen molar-refractivity contribution in [2.45, 2.75) is 6.54 Å². The Morgan fingerprint density at radius 2 is 1.93 bits per heavy atom. The molecule has 0 bridgehead atoms. The molecular weight excluding hydrogens is 368 g/mol. The van der Waals surface area contributed by atoms with Gasteiger partial charge in [0, 0.05) is 6.07 Å². The molecule has 0 spiro atoms. The summed E-state index contributed by atoms with van der Waals surface area (Å²) in [6.07, 6.45) is 0. The monoisotopic (exact) mass is 383 g/mol. The molecule has 0 fully saturated rings. The average Bonchev–Trinajstić information content (AvgIpc) is 3.15. The fourth-order valence-corrected chi connectivity index (χ4v) is 4.27. The quantitative estimate of drug-likeness (QED) is 0.409. The van der Waals surface area contributed by atoms with Crippen molar-refractivity contribution in [1.29, 1.82) is 0 Å². The van der Waals surface area contributed by atoms with Crippen LogP contribution in [0, 0.1) is 10.1 Å². The first-order valence-electron chi connectivity index (χ1n) is 8.25. The highest BCUT2D eigenvalue weighted by Crippen LogP contribution is 2.30. The fourth-order valence-electron chi connectivity index (χ4n) is 3.19. The second-order valence-corrected chi connectivity index (χ2v) is 7.48. The minimum Gasteiger partial charge on any atom is -0.314 e. The lowest BCUT2D eigenvalue weighted by atomic mass is 10.1. The van der Waals surface area contributed by atoms with Crippen LogP contribution in [0.2, 0.25) is 0 Å². The SMILES string of the molecule is C[NH+](Cc1nc2ccccc2s1)CN1C(=O)c2cccc([N+](=O)[O-])c2C1=O. The summed E-state index contributed by atoms with van der Waals surface area (Å²) in [7, 11) is 1.85. The van der Waals surface area contributed by atoms with Crippen LogP contribution in [0.15, 0.2) is 42.5 Å². The molecule has 136 valence electrons. The number of imide groups is 1. The molecule has 27 heavy (non-hydrogen) atoms. The summed E-state index contributed by atoms with van der Waals surface area (Å²) in [5.74, 6) is -1.12. The summed E-state index contributed by atoms with van der Waals surface area (Å²) >= 11 is 1.57. The molecule has 0 saturated carbocycles. The zero-order valence-corrected chi connectivity index (χ0v) is 15.2. The van der Waals surface area contributed by atoms with Crippen molar-refractivity contribution in [3.8, 4) is 0 Å². The number of thiazole rings is 1. The Bertz CT molecular complexity index is 1060. The van der Waals surface area contributed by atoms with E-state index in [4.69, 9.17) is 0 Å². The van der Waals surface area contributed by atoms with Gasteiger partial charge in [0.05, 0.1) is 27.8 Å². The number of nitrogens with zero attached hydrogens (tertiary/aromatic N) is 3. The van der Waals surface area contributed by atoms with Crippen LogP contribution in [0.25, 0.3) is 10.2 Å². The number of quaternary nitrogens is 1. The van der Waals surface area contributed by atoms with Gasteiger partial charge in [0.25, 0.3) is 17.5 Å². The maximum absolute atomic E-state index is 12.6. The highest BCUT2D eigenvalue weighted by Gasteiger charge is 2.42. The largest absolute Gasteiger partial charge is 0.314 e. The first-order valence-corrected chi connectivity index (χ1v) is 9.06. The van der Waals surface area contributed by atoms with Gasteiger partial charge in [0.2, 0.25) is 0 Å².